The molecule has 0 spiro atoms. The number of likely N-dealkylation sites (N-methyl/N-ethyl adjacent to an activating group) is 1. The van der Waals surface area contributed by atoms with Crippen LogP contribution in [0.5, 0.6) is 17.2 Å². The van der Waals surface area contributed by atoms with Gasteiger partial charge in [-0.1, -0.05) is 17.7 Å². The van der Waals surface area contributed by atoms with Crippen molar-refractivity contribution < 1.29 is 29.0 Å². The van der Waals surface area contributed by atoms with Crippen molar-refractivity contribution in [2.75, 3.05) is 64.2 Å². The number of nitrogens with zero attached hydrogens (tertiary/aromatic N) is 3. The molecule has 0 saturated carbocycles. The highest BCUT2D eigenvalue weighted by molar-refractivity contribution is 6.09. The number of amides is 3. The zero-order valence-electron chi connectivity index (χ0n) is 27.3. The highest BCUT2D eigenvalue weighted by Gasteiger charge is 2.21. The Morgan fingerprint density at radius 3 is 2.30 bits per heavy atom. The molecule has 4 rings (SSSR count). The number of methoxy groups -OCH3 is 1. The predicted molar refractivity (Wildman–Crippen MR) is 183 cm³/mol. The molecule has 3 amide bonds. The molecule has 0 aliphatic carbocycles. The van der Waals surface area contributed by atoms with E-state index in [4.69, 9.17) is 9.47 Å². The summed E-state index contributed by atoms with van der Waals surface area (Å²) in [6, 6.07) is 15.3. The van der Waals surface area contributed by atoms with E-state index in [0.29, 0.717) is 41.5 Å². The summed E-state index contributed by atoms with van der Waals surface area (Å²) in [6.07, 6.45) is 3.04. The Kier molecular flexibility index (Phi) is 13.3. The van der Waals surface area contributed by atoms with E-state index < -0.39 is 5.91 Å². The number of benzene rings is 3. The smallest absolute Gasteiger partial charge is 0.259 e. The number of aromatic hydroxyl groups is 1. The number of piperazine rings is 1. The number of halogens is 1. The molecule has 1 aliphatic rings. The minimum absolute atomic E-state index is 0. The van der Waals surface area contributed by atoms with Gasteiger partial charge in [0.05, 0.1) is 30.7 Å². The fourth-order valence-corrected chi connectivity index (χ4v) is 5.22. The topological polar surface area (TPSA) is 112 Å². The van der Waals surface area contributed by atoms with Crippen molar-refractivity contribution in [1.82, 2.24) is 9.80 Å². The molecule has 3 aromatic rings. The average molecular weight is 653 g/mol. The molecule has 0 bridgehead atoms. The van der Waals surface area contributed by atoms with Gasteiger partial charge in [-0.15, -0.1) is 12.4 Å². The van der Waals surface area contributed by atoms with Gasteiger partial charge in [0, 0.05) is 45.2 Å². The van der Waals surface area contributed by atoms with Gasteiger partial charge in [-0.05, 0) is 88.2 Å². The number of hydrogen-bond acceptors (Lipinski definition) is 7. The lowest BCUT2D eigenvalue weighted by Crippen LogP contribution is -2.47. The second-order valence-corrected chi connectivity index (χ2v) is 11.6. The van der Waals surface area contributed by atoms with Crippen molar-refractivity contribution in [2.24, 2.45) is 0 Å². The lowest BCUT2D eigenvalue weighted by molar-refractivity contribution is -0.132. The van der Waals surface area contributed by atoms with Gasteiger partial charge in [0.1, 0.15) is 17.2 Å². The van der Waals surface area contributed by atoms with Crippen LogP contribution in [0.2, 0.25) is 0 Å². The molecule has 1 heterocycles. The number of nitrogens with one attached hydrogen (secondary N) is 1. The van der Waals surface area contributed by atoms with E-state index >= 15 is 0 Å². The van der Waals surface area contributed by atoms with Crippen molar-refractivity contribution in [3.05, 3.63) is 76.9 Å². The maximum absolute atomic E-state index is 13.6. The zero-order valence-corrected chi connectivity index (χ0v) is 28.1. The van der Waals surface area contributed by atoms with Crippen molar-refractivity contribution in [2.45, 2.75) is 39.5 Å². The monoisotopic (exact) mass is 652 g/mol. The molecule has 1 aliphatic heterocycles. The van der Waals surface area contributed by atoms with Crippen molar-refractivity contribution in [3.8, 4) is 17.2 Å². The van der Waals surface area contributed by atoms with Gasteiger partial charge in [-0.25, -0.2) is 0 Å². The summed E-state index contributed by atoms with van der Waals surface area (Å²) in [4.78, 5) is 44.6. The van der Waals surface area contributed by atoms with Crippen LogP contribution in [0.25, 0.3) is 0 Å². The predicted octanol–water partition coefficient (Wildman–Crippen LogP) is 5.68. The first-order valence-corrected chi connectivity index (χ1v) is 15.3. The summed E-state index contributed by atoms with van der Waals surface area (Å²) in [5.41, 5.74) is 3.34. The van der Waals surface area contributed by atoms with Gasteiger partial charge in [0.15, 0.2) is 0 Å². The van der Waals surface area contributed by atoms with Crippen LogP contribution in [0, 0.1) is 13.8 Å². The number of aryl methyl sites for hydroxylation is 2. The number of anilines is 2. The largest absolute Gasteiger partial charge is 0.507 e. The number of phenolic OH excluding ortho intramolecular Hbond substituents is 1. The second kappa shape index (κ2) is 16.9. The van der Waals surface area contributed by atoms with Crippen LogP contribution in [0.1, 0.15) is 57.5 Å². The van der Waals surface area contributed by atoms with E-state index in [2.05, 4.69) is 17.3 Å². The third-order valence-corrected chi connectivity index (χ3v) is 8.02. The molecule has 248 valence electrons. The summed E-state index contributed by atoms with van der Waals surface area (Å²) in [5.74, 6) is 0.238. The van der Waals surface area contributed by atoms with Gasteiger partial charge >= 0.3 is 0 Å². The molecule has 3 aromatic carbocycles. The molecule has 2 N–H and O–H groups in total. The van der Waals surface area contributed by atoms with Crippen molar-refractivity contribution in [3.63, 3.8) is 0 Å². The molecule has 11 heteroatoms. The minimum Gasteiger partial charge on any atom is -0.507 e. The van der Waals surface area contributed by atoms with Gasteiger partial charge in [-0.3, -0.25) is 14.4 Å². The number of phenols is 1. The SMILES string of the molecule is COc1cc(C(=O)N(C)c2ccc(C)cc2OCCCCCC(=O)N2CCN(C)CC2)ccc1NC(=O)c1cc(C)ccc1O.Cl. The Balaban J connectivity index is 0.00000576. The van der Waals surface area contributed by atoms with Crippen LogP contribution in [-0.4, -0.2) is 86.6 Å². The third kappa shape index (κ3) is 9.37. The summed E-state index contributed by atoms with van der Waals surface area (Å²) in [7, 11) is 5.22. The summed E-state index contributed by atoms with van der Waals surface area (Å²) in [6.45, 7) is 7.72. The lowest BCUT2D eigenvalue weighted by Gasteiger charge is -2.32. The number of carbonyl (C=O) groups excluding carboxylic acids is 3. The molecule has 1 saturated heterocycles. The van der Waals surface area contributed by atoms with Gasteiger partial charge in [0.2, 0.25) is 5.91 Å². The van der Waals surface area contributed by atoms with Crippen LogP contribution in [-0.2, 0) is 4.79 Å². The first-order chi connectivity index (χ1) is 21.6. The molecule has 0 atom stereocenters. The molecule has 46 heavy (non-hydrogen) atoms. The molecule has 0 unspecified atom stereocenters. The summed E-state index contributed by atoms with van der Waals surface area (Å²) in [5, 5.41) is 12.9. The van der Waals surface area contributed by atoms with Crippen LogP contribution in [0.4, 0.5) is 11.4 Å². The van der Waals surface area contributed by atoms with Gasteiger partial charge < -0.3 is 34.6 Å². The van der Waals surface area contributed by atoms with Gasteiger partial charge in [0.25, 0.3) is 11.8 Å². The Hall–Kier alpha value is -4.28. The molecule has 10 nitrogen and oxygen atoms in total. The Morgan fingerprint density at radius 2 is 1.59 bits per heavy atom. The summed E-state index contributed by atoms with van der Waals surface area (Å²) < 4.78 is 11.6. The van der Waals surface area contributed by atoms with E-state index in [9.17, 15) is 19.5 Å². The lowest BCUT2D eigenvalue weighted by atomic mass is 10.1. The maximum atomic E-state index is 13.6. The van der Waals surface area contributed by atoms with E-state index in [0.717, 1.165) is 56.6 Å². The Bertz CT molecular complexity index is 1520. The average Bonchev–Trinajstić information content (AvgIpc) is 3.03. The highest BCUT2D eigenvalue weighted by Crippen LogP contribution is 2.32. The van der Waals surface area contributed by atoms with Crippen molar-refractivity contribution >= 4 is 41.5 Å². The summed E-state index contributed by atoms with van der Waals surface area (Å²) >= 11 is 0. The van der Waals surface area contributed by atoms with Crippen LogP contribution < -0.4 is 19.7 Å². The number of ether oxygens (including phenoxy) is 2. The van der Waals surface area contributed by atoms with Crippen molar-refractivity contribution in [1.29, 1.82) is 0 Å². The zero-order chi connectivity index (χ0) is 32.5. The molecule has 0 aromatic heterocycles. The minimum atomic E-state index is -0.492. The van der Waals surface area contributed by atoms with E-state index in [1.54, 1.807) is 37.4 Å². The number of unbranched alkanes of at least 4 members (excludes halogenated alkanes) is 2. The van der Waals surface area contributed by atoms with Gasteiger partial charge in [-0.2, -0.15) is 0 Å². The Morgan fingerprint density at radius 1 is 0.891 bits per heavy atom. The standard InChI is InChI=1S/C35H44N4O6.ClH/c1-24-11-15-30(40)27(21-24)34(42)36-28-13-12-26(23-31(28)44-5)35(43)38(4)29-14-10-25(2)22-32(29)45-20-8-6-7-9-33(41)39-18-16-37(3)17-19-39;/h10-15,21-23,40H,6-9,16-20H2,1-5H3,(H,36,42);1H. The maximum Gasteiger partial charge on any atom is 0.259 e. The Labute approximate surface area is 277 Å². The first-order valence-electron chi connectivity index (χ1n) is 15.3. The normalized spacial score (nSPS) is 13.0. The van der Waals surface area contributed by atoms with E-state index in [-0.39, 0.29) is 35.5 Å². The first kappa shape index (κ1) is 36.2. The molecular weight excluding hydrogens is 608 g/mol. The number of carbonyl (C=O) groups is 3. The second-order valence-electron chi connectivity index (χ2n) is 11.6. The molecule has 0 radical (unpaired) electrons. The van der Waals surface area contributed by atoms with E-state index in [1.807, 2.05) is 36.9 Å². The fraction of sp³-hybridized carbons (Fsp3) is 0.400. The number of hydrogen-bond donors (Lipinski definition) is 2. The highest BCUT2D eigenvalue weighted by atomic mass is 35.5. The molecule has 1 fully saturated rings. The quantitative estimate of drug-likeness (QED) is 0.242. The van der Waals surface area contributed by atoms with Crippen LogP contribution in [0.15, 0.2) is 54.6 Å². The number of rotatable bonds is 12. The third-order valence-electron chi connectivity index (χ3n) is 8.02. The van der Waals surface area contributed by atoms with Crippen LogP contribution >= 0.6 is 12.4 Å². The molecular formula is C35H45ClN4O6. The fourth-order valence-electron chi connectivity index (χ4n) is 5.22. The van der Waals surface area contributed by atoms with E-state index in [1.165, 1.54) is 18.1 Å². The van der Waals surface area contributed by atoms with Crippen LogP contribution in [0.3, 0.4) is 0 Å².